The third-order valence-electron chi connectivity index (χ3n) is 5.25. The predicted octanol–water partition coefficient (Wildman–Crippen LogP) is 3.14. The lowest BCUT2D eigenvalue weighted by Crippen LogP contribution is -2.43. The average Bonchev–Trinajstić information content (AvgIpc) is 3.33. The van der Waals surface area contributed by atoms with Crippen molar-refractivity contribution in [3.8, 4) is 5.75 Å². The predicted molar refractivity (Wildman–Crippen MR) is 122 cm³/mol. The van der Waals surface area contributed by atoms with Crippen LogP contribution in [0.15, 0.2) is 24.3 Å². The highest BCUT2D eigenvalue weighted by Crippen LogP contribution is 2.22. The molecule has 0 aliphatic carbocycles. The van der Waals surface area contributed by atoms with E-state index in [0.29, 0.717) is 29.4 Å². The zero-order valence-electron chi connectivity index (χ0n) is 18.6. The number of rotatable bonds is 10. The number of hydrogen-bond acceptors (Lipinski definition) is 8. The Hall–Kier alpha value is -2.53. The lowest BCUT2D eigenvalue weighted by Gasteiger charge is -2.28. The van der Waals surface area contributed by atoms with E-state index < -0.39 is 28.3 Å². The van der Waals surface area contributed by atoms with Crippen LogP contribution < -0.4 is 4.74 Å². The quantitative estimate of drug-likeness (QED) is 0.464. The second-order valence-electron chi connectivity index (χ2n) is 7.84. The molecule has 1 unspecified atom stereocenters. The first kappa shape index (κ1) is 25.1. The van der Waals surface area contributed by atoms with Crippen molar-refractivity contribution in [2.45, 2.75) is 45.8 Å². The summed E-state index contributed by atoms with van der Waals surface area (Å²) >= 11 is 1.10. The van der Waals surface area contributed by atoms with Crippen LogP contribution >= 0.6 is 11.3 Å². The Morgan fingerprint density at radius 1 is 1.27 bits per heavy atom. The van der Waals surface area contributed by atoms with Gasteiger partial charge in [-0.1, -0.05) is 13.3 Å². The highest BCUT2D eigenvalue weighted by molar-refractivity contribution is 7.91. The van der Waals surface area contributed by atoms with Gasteiger partial charge in [-0.25, -0.2) is 22.6 Å². The zero-order valence-corrected chi connectivity index (χ0v) is 20.2. The number of unbranched alkanes of at least 4 members (excludes halogenated alkanes) is 1. The first-order valence-corrected chi connectivity index (χ1v) is 13.3. The van der Waals surface area contributed by atoms with E-state index in [2.05, 4.69) is 4.98 Å². The van der Waals surface area contributed by atoms with Crippen LogP contribution in [-0.2, 0) is 26.0 Å². The van der Waals surface area contributed by atoms with Gasteiger partial charge in [-0.05, 0) is 44.0 Å². The fraction of sp³-hybridized carbons (Fsp3) is 0.500. The van der Waals surface area contributed by atoms with Crippen LogP contribution in [0.5, 0.6) is 5.75 Å². The number of hydrogen-bond donors (Lipinski definition) is 0. The minimum absolute atomic E-state index is 0.0538. The molecular weight excluding hydrogens is 471 g/mol. The molecular formula is C22H27FN2O6S2. The summed E-state index contributed by atoms with van der Waals surface area (Å²) in [6, 6.07) is 5.18. The molecule has 0 saturated carbocycles. The van der Waals surface area contributed by atoms with Crippen molar-refractivity contribution in [2.75, 3.05) is 24.7 Å². The summed E-state index contributed by atoms with van der Waals surface area (Å²) in [5.41, 5.74) is 0.458. The number of aryl methyl sites for hydroxylation is 1. The minimum Gasteiger partial charge on any atom is -0.486 e. The van der Waals surface area contributed by atoms with Gasteiger partial charge in [0.05, 0.1) is 17.2 Å². The number of carbonyl (C=O) groups excluding carboxylic acids is 2. The smallest absolute Gasteiger partial charge is 0.350 e. The molecule has 0 N–H and O–H groups in total. The molecule has 3 rings (SSSR count). The maximum Gasteiger partial charge on any atom is 0.350 e. The van der Waals surface area contributed by atoms with E-state index in [1.165, 1.54) is 29.2 Å². The number of aromatic nitrogens is 1. The van der Waals surface area contributed by atoms with Crippen LogP contribution in [0.3, 0.4) is 0 Å². The van der Waals surface area contributed by atoms with Crippen LogP contribution in [0.25, 0.3) is 0 Å². The molecule has 1 aromatic heterocycles. The summed E-state index contributed by atoms with van der Waals surface area (Å²) in [6.45, 7) is 3.71. The van der Waals surface area contributed by atoms with Crippen molar-refractivity contribution in [3.05, 3.63) is 45.7 Å². The summed E-state index contributed by atoms with van der Waals surface area (Å²) in [6.07, 6.45) is 1.99. The van der Waals surface area contributed by atoms with Crippen LogP contribution in [-0.4, -0.2) is 60.9 Å². The number of amides is 1. The Kier molecular flexibility index (Phi) is 8.41. The summed E-state index contributed by atoms with van der Waals surface area (Å²) < 4.78 is 47.5. The van der Waals surface area contributed by atoms with Crippen LogP contribution in [0.1, 0.15) is 46.6 Å². The summed E-state index contributed by atoms with van der Waals surface area (Å²) in [4.78, 5) is 31.4. The molecule has 8 nitrogen and oxygen atoms in total. The molecule has 0 bridgehead atoms. The van der Waals surface area contributed by atoms with Crippen molar-refractivity contribution >= 4 is 33.1 Å². The molecule has 1 aromatic carbocycles. The largest absolute Gasteiger partial charge is 0.486 e. The molecule has 1 amide bonds. The van der Waals surface area contributed by atoms with Crippen molar-refractivity contribution in [1.29, 1.82) is 0 Å². The Labute approximate surface area is 196 Å². The molecule has 1 saturated heterocycles. The first-order chi connectivity index (χ1) is 15.7. The monoisotopic (exact) mass is 498 g/mol. The van der Waals surface area contributed by atoms with Crippen molar-refractivity contribution in [1.82, 2.24) is 9.88 Å². The maximum atomic E-state index is 13.0. The Morgan fingerprint density at radius 3 is 2.64 bits per heavy atom. The van der Waals surface area contributed by atoms with Gasteiger partial charge in [0.15, 0.2) is 16.4 Å². The van der Waals surface area contributed by atoms with Crippen LogP contribution in [0.2, 0.25) is 0 Å². The SMILES string of the molecule is CCCCN(C(=O)COC(=O)c1sc(COc2ccc(F)cc2)nc1C)C1CCS(=O)(=O)C1. The van der Waals surface area contributed by atoms with Crippen LogP contribution in [0.4, 0.5) is 4.39 Å². The number of benzene rings is 1. The lowest BCUT2D eigenvalue weighted by atomic mass is 10.2. The zero-order chi connectivity index (χ0) is 24.0. The Morgan fingerprint density at radius 2 is 2.00 bits per heavy atom. The molecule has 0 radical (unpaired) electrons. The first-order valence-electron chi connectivity index (χ1n) is 10.7. The number of esters is 1. The molecule has 180 valence electrons. The topological polar surface area (TPSA) is 103 Å². The van der Waals surface area contributed by atoms with Gasteiger partial charge in [-0.3, -0.25) is 4.79 Å². The van der Waals surface area contributed by atoms with Gasteiger partial charge in [0.25, 0.3) is 5.91 Å². The third kappa shape index (κ3) is 6.97. The highest BCUT2D eigenvalue weighted by Gasteiger charge is 2.34. The van der Waals surface area contributed by atoms with Gasteiger partial charge in [-0.2, -0.15) is 0 Å². The fourth-order valence-electron chi connectivity index (χ4n) is 3.52. The van der Waals surface area contributed by atoms with Gasteiger partial charge in [0.1, 0.15) is 28.1 Å². The minimum atomic E-state index is -3.14. The fourth-order valence-corrected chi connectivity index (χ4v) is 6.12. The molecule has 33 heavy (non-hydrogen) atoms. The number of halogens is 1. The molecule has 2 heterocycles. The van der Waals surface area contributed by atoms with E-state index in [1.807, 2.05) is 6.92 Å². The van der Waals surface area contributed by atoms with Crippen molar-refractivity contribution in [2.24, 2.45) is 0 Å². The van der Waals surface area contributed by atoms with Crippen LogP contribution in [0, 0.1) is 12.7 Å². The van der Waals surface area contributed by atoms with E-state index in [9.17, 15) is 22.4 Å². The molecule has 1 aliphatic heterocycles. The summed E-state index contributed by atoms with van der Waals surface area (Å²) in [5, 5.41) is 0.538. The summed E-state index contributed by atoms with van der Waals surface area (Å²) in [5.74, 6) is -0.950. The molecule has 0 spiro atoms. The van der Waals surface area contributed by atoms with E-state index >= 15 is 0 Å². The number of carbonyl (C=O) groups is 2. The highest BCUT2D eigenvalue weighted by atomic mass is 32.2. The van der Waals surface area contributed by atoms with Crippen molar-refractivity contribution in [3.63, 3.8) is 0 Å². The number of thiazole rings is 1. The molecule has 1 aliphatic rings. The second kappa shape index (κ2) is 11.1. The van der Waals surface area contributed by atoms with E-state index in [4.69, 9.17) is 9.47 Å². The molecule has 1 fully saturated rings. The summed E-state index contributed by atoms with van der Waals surface area (Å²) in [7, 11) is -3.14. The number of sulfone groups is 1. The lowest BCUT2D eigenvalue weighted by molar-refractivity contribution is -0.136. The van der Waals surface area contributed by atoms with Crippen molar-refractivity contribution < 1.29 is 31.9 Å². The van der Waals surface area contributed by atoms with E-state index in [-0.39, 0.29) is 34.8 Å². The maximum absolute atomic E-state index is 13.0. The van der Waals surface area contributed by atoms with E-state index in [1.54, 1.807) is 6.92 Å². The molecule has 11 heteroatoms. The number of ether oxygens (including phenoxy) is 2. The third-order valence-corrected chi connectivity index (χ3v) is 8.11. The van der Waals surface area contributed by atoms with Gasteiger partial charge >= 0.3 is 5.97 Å². The normalized spacial score (nSPS) is 17.0. The second-order valence-corrected chi connectivity index (χ2v) is 11.2. The molecule has 1 atom stereocenters. The Bertz CT molecular complexity index is 1080. The van der Waals surface area contributed by atoms with Gasteiger partial charge < -0.3 is 14.4 Å². The standard InChI is InChI=1S/C22H27FN2O6S2/c1-3-4-10-25(17-9-11-33(28,29)14-17)20(26)13-31-22(27)21-15(2)24-19(32-21)12-30-18-7-5-16(23)6-8-18/h5-8,17H,3-4,9-14H2,1-2H3. The van der Waals surface area contributed by atoms with Gasteiger partial charge in [0.2, 0.25) is 0 Å². The van der Waals surface area contributed by atoms with Gasteiger partial charge in [0, 0.05) is 12.6 Å². The molecule has 2 aromatic rings. The van der Waals surface area contributed by atoms with Gasteiger partial charge in [-0.15, -0.1) is 11.3 Å². The Balaban J connectivity index is 1.57. The number of nitrogens with zero attached hydrogens (tertiary/aromatic N) is 2. The van der Waals surface area contributed by atoms with E-state index in [0.717, 1.165) is 24.2 Å². The average molecular weight is 499 g/mol.